The van der Waals surface area contributed by atoms with E-state index >= 15 is 0 Å². The molecule has 0 radical (unpaired) electrons. The number of hydrogen-bond acceptors (Lipinski definition) is 3. The van der Waals surface area contributed by atoms with Crippen molar-refractivity contribution in [1.29, 1.82) is 0 Å². The normalized spacial score (nSPS) is 11.0. The van der Waals surface area contributed by atoms with Crippen LogP contribution < -0.4 is 5.56 Å². The molecule has 0 bridgehead atoms. The van der Waals surface area contributed by atoms with Gasteiger partial charge in [0.1, 0.15) is 0 Å². The molecule has 0 aliphatic carbocycles. The Morgan fingerprint density at radius 3 is 2.89 bits per heavy atom. The molecule has 3 rings (SSSR count). The number of thioether (sulfide) groups is 1. The Labute approximate surface area is 118 Å². The fourth-order valence-corrected chi connectivity index (χ4v) is 2.67. The number of nitrogens with zero attached hydrogens (tertiary/aromatic N) is 2. The molecule has 0 amide bonds. The Hall–Kier alpha value is -1.72. The first-order valence-corrected chi connectivity index (χ1v) is 7.02. The molecule has 0 spiro atoms. The van der Waals surface area contributed by atoms with Crippen molar-refractivity contribution in [2.75, 3.05) is 0 Å². The summed E-state index contributed by atoms with van der Waals surface area (Å²) >= 11 is 7.47. The van der Waals surface area contributed by atoms with E-state index in [1.165, 1.54) is 4.40 Å². The Bertz CT molecular complexity index is 763. The lowest BCUT2D eigenvalue weighted by molar-refractivity contribution is 1.02. The molecule has 6 heteroatoms. The number of imidazole rings is 1. The van der Waals surface area contributed by atoms with Crippen LogP contribution in [0.4, 0.5) is 0 Å². The smallest absolute Gasteiger partial charge is 0.259 e. The zero-order valence-electron chi connectivity index (χ0n) is 9.84. The van der Waals surface area contributed by atoms with Crippen molar-refractivity contribution >= 4 is 29.1 Å². The zero-order valence-corrected chi connectivity index (χ0v) is 11.4. The predicted octanol–water partition coefficient (Wildman–Crippen LogP) is 2.97. The van der Waals surface area contributed by atoms with E-state index in [0.717, 1.165) is 15.6 Å². The Balaban J connectivity index is 1.81. The van der Waals surface area contributed by atoms with E-state index in [4.69, 9.17) is 11.6 Å². The molecule has 0 unspecified atom stereocenters. The number of halogens is 1. The molecular formula is C13H10ClN3OS. The number of rotatable bonds is 3. The Kier molecular flexibility index (Phi) is 3.31. The number of hydrogen-bond donors (Lipinski definition) is 1. The zero-order chi connectivity index (χ0) is 13.2. The van der Waals surface area contributed by atoms with Gasteiger partial charge in [0, 0.05) is 39.8 Å². The number of aromatic amines is 1. The first kappa shape index (κ1) is 12.3. The number of H-pyrrole nitrogens is 1. The van der Waals surface area contributed by atoms with Crippen molar-refractivity contribution in [3.8, 4) is 0 Å². The summed E-state index contributed by atoms with van der Waals surface area (Å²) in [4.78, 5) is 20.1. The molecular weight excluding hydrogens is 282 g/mol. The quantitative estimate of drug-likeness (QED) is 0.755. The Morgan fingerprint density at radius 2 is 2.11 bits per heavy atom. The van der Waals surface area contributed by atoms with Gasteiger partial charge in [0.25, 0.3) is 5.56 Å². The van der Waals surface area contributed by atoms with Crippen molar-refractivity contribution < 1.29 is 0 Å². The molecule has 19 heavy (non-hydrogen) atoms. The molecule has 2 aromatic heterocycles. The second-order valence-electron chi connectivity index (χ2n) is 4.00. The summed E-state index contributed by atoms with van der Waals surface area (Å²) < 4.78 is 1.48. The number of aromatic nitrogens is 3. The SMILES string of the molecule is O=c1cc(CSc2ccc(Cl)cc2)[nH]c2nccn12. The van der Waals surface area contributed by atoms with Gasteiger partial charge in [-0.1, -0.05) is 11.6 Å². The molecule has 0 atom stereocenters. The number of benzene rings is 1. The standard InChI is InChI=1S/C13H10ClN3OS/c14-9-1-3-11(4-2-9)19-8-10-7-12(18)17-6-5-15-13(17)16-10/h1-7H,8H2,(H,15,16). The predicted molar refractivity (Wildman–Crippen MR) is 76.8 cm³/mol. The van der Waals surface area contributed by atoms with Crippen LogP contribution in [-0.2, 0) is 5.75 Å². The van der Waals surface area contributed by atoms with Gasteiger partial charge in [-0.25, -0.2) is 4.98 Å². The lowest BCUT2D eigenvalue weighted by atomic mass is 10.4. The highest BCUT2D eigenvalue weighted by Gasteiger charge is 2.03. The number of fused-ring (bicyclic) bond motifs is 1. The summed E-state index contributed by atoms with van der Waals surface area (Å²) in [5.74, 6) is 1.25. The van der Waals surface area contributed by atoms with Crippen molar-refractivity contribution in [3.05, 3.63) is 63.8 Å². The molecule has 1 aromatic carbocycles. The van der Waals surface area contributed by atoms with Gasteiger partial charge in [0.2, 0.25) is 5.78 Å². The minimum Gasteiger partial charge on any atom is -0.328 e. The summed E-state index contributed by atoms with van der Waals surface area (Å²) in [5.41, 5.74) is 0.779. The van der Waals surface area contributed by atoms with Crippen LogP contribution in [0.15, 0.2) is 52.4 Å². The van der Waals surface area contributed by atoms with E-state index < -0.39 is 0 Å². The minimum absolute atomic E-state index is 0.0713. The topological polar surface area (TPSA) is 50.2 Å². The van der Waals surface area contributed by atoms with Gasteiger partial charge in [0.05, 0.1) is 0 Å². The molecule has 3 aromatic rings. The van der Waals surface area contributed by atoms with E-state index in [9.17, 15) is 4.79 Å². The number of nitrogens with one attached hydrogen (secondary N) is 1. The van der Waals surface area contributed by atoms with Gasteiger partial charge in [-0.05, 0) is 24.3 Å². The third kappa shape index (κ3) is 2.67. The van der Waals surface area contributed by atoms with Crippen LogP contribution in [0.3, 0.4) is 0 Å². The van der Waals surface area contributed by atoms with E-state index in [0.29, 0.717) is 11.5 Å². The maximum absolute atomic E-state index is 11.8. The molecule has 1 N–H and O–H groups in total. The molecule has 2 heterocycles. The van der Waals surface area contributed by atoms with E-state index in [2.05, 4.69) is 9.97 Å². The lowest BCUT2D eigenvalue weighted by Crippen LogP contribution is -2.13. The summed E-state index contributed by atoms with van der Waals surface area (Å²) in [5, 5.41) is 0.719. The van der Waals surface area contributed by atoms with E-state index in [1.54, 1.807) is 30.2 Å². The van der Waals surface area contributed by atoms with Crippen molar-refractivity contribution in [2.45, 2.75) is 10.6 Å². The summed E-state index contributed by atoms with van der Waals surface area (Å²) in [6.07, 6.45) is 3.24. The van der Waals surface area contributed by atoms with E-state index in [1.807, 2.05) is 24.3 Å². The Morgan fingerprint density at radius 1 is 1.32 bits per heavy atom. The minimum atomic E-state index is -0.0713. The van der Waals surface area contributed by atoms with Crippen LogP contribution in [0, 0.1) is 0 Å². The van der Waals surface area contributed by atoms with Crippen molar-refractivity contribution in [2.24, 2.45) is 0 Å². The van der Waals surface area contributed by atoms with Gasteiger partial charge >= 0.3 is 0 Å². The maximum Gasteiger partial charge on any atom is 0.259 e. The lowest BCUT2D eigenvalue weighted by Gasteiger charge is -2.03. The van der Waals surface area contributed by atoms with Crippen molar-refractivity contribution in [1.82, 2.24) is 14.4 Å². The summed E-state index contributed by atoms with van der Waals surface area (Å²) in [7, 11) is 0. The monoisotopic (exact) mass is 291 g/mol. The first-order valence-electron chi connectivity index (χ1n) is 5.66. The van der Waals surface area contributed by atoms with Gasteiger partial charge in [-0.15, -0.1) is 11.8 Å². The van der Waals surface area contributed by atoms with Crippen LogP contribution in [0.5, 0.6) is 0 Å². The van der Waals surface area contributed by atoms with Gasteiger partial charge in [-0.3, -0.25) is 9.20 Å². The fourth-order valence-electron chi connectivity index (χ4n) is 1.74. The molecule has 0 saturated heterocycles. The first-order chi connectivity index (χ1) is 9.22. The second-order valence-corrected chi connectivity index (χ2v) is 5.48. The average molecular weight is 292 g/mol. The third-order valence-electron chi connectivity index (χ3n) is 2.66. The molecule has 0 fully saturated rings. The van der Waals surface area contributed by atoms with Crippen LogP contribution in [0.1, 0.15) is 5.69 Å². The highest BCUT2D eigenvalue weighted by Crippen LogP contribution is 2.23. The highest BCUT2D eigenvalue weighted by atomic mass is 35.5. The van der Waals surface area contributed by atoms with Crippen LogP contribution >= 0.6 is 23.4 Å². The van der Waals surface area contributed by atoms with Crippen LogP contribution in [0.25, 0.3) is 5.78 Å². The van der Waals surface area contributed by atoms with E-state index in [-0.39, 0.29) is 5.56 Å². The maximum atomic E-state index is 11.8. The molecule has 0 saturated carbocycles. The fraction of sp³-hybridized carbons (Fsp3) is 0.0769. The summed E-state index contributed by atoms with van der Waals surface area (Å²) in [6, 6.07) is 9.21. The van der Waals surface area contributed by atoms with Gasteiger partial charge in [0.15, 0.2) is 0 Å². The molecule has 0 aliphatic heterocycles. The third-order valence-corrected chi connectivity index (χ3v) is 3.97. The van der Waals surface area contributed by atoms with Crippen LogP contribution in [0.2, 0.25) is 5.02 Å². The summed E-state index contributed by atoms with van der Waals surface area (Å²) in [6.45, 7) is 0. The molecule has 4 nitrogen and oxygen atoms in total. The van der Waals surface area contributed by atoms with Gasteiger partial charge in [-0.2, -0.15) is 0 Å². The van der Waals surface area contributed by atoms with Crippen molar-refractivity contribution in [3.63, 3.8) is 0 Å². The van der Waals surface area contributed by atoms with Gasteiger partial charge < -0.3 is 4.98 Å². The molecule has 96 valence electrons. The van der Waals surface area contributed by atoms with Crippen LogP contribution in [-0.4, -0.2) is 14.4 Å². The highest BCUT2D eigenvalue weighted by molar-refractivity contribution is 7.98. The largest absolute Gasteiger partial charge is 0.328 e. The molecule has 0 aliphatic rings. The second kappa shape index (κ2) is 5.11. The average Bonchev–Trinajstić information content (AvgIpc) is 2.87.